The first-order chi connectivity index (χ1) is 10.4. The van der Waals surface area contributed by atoms with Crippen molar-refractivity contribution in [2.45, 2.75) is 71.5 Å². The lowest BCUT2D eigenvalue weighted by Crippen LogP contribution is -2.58. The summed E-state index contributed by atoms with van der Waals surface area (Å²) in [5.74, 6) is 3.25. The molecule has 0 aliphatic heterocycles. The van der Waals surface area contributed by atoms with Crippen molar-refractivity contribution in [2.75, 3.05) is 0 Å². The maximum atomic E-state index is 10.8. The molecule has 0 heterocycles. The van der Waals surface area contributed by atoms with Crippen molar-refractivity contribution in [3.8, 4) is 0 Å². The van der Waals surface area contributed by atoms with E-state index >= 15 is 0 Å². The third-order valence-corrected chi connectivity index (χ3v) is 8.66. The number of fused-ring (bicyclic) bond motifs is 5. The third-order valence-electron chi connectivity index (χ3n) is 8.66. The van der Waals surface area contributed by atoms with Crippen LogP contribution in [0, 0.1) is 40.4 Å². The molecule has 4 rings (SSSR count). The Kier molecular flexibility index (Phi) is 3.34. The summed E-state index contributed by atoms with van der Waals surface area (Å²) in [4.78, 5) is 0. The predicted octanol–water partition coefficient (Wildman–Crippen LogP) is 3.77. The zero-order valence-electron chi connectivity index (χ0n) is 14.3. The monoisotopic (exact) mass is 304 g/mol. The van der Waals surface area contributed by atoms with Crippen LogP contribution in [0.15, 0.2) is 12.2 Å². The fraction of sp³-hybridized carbons (Fsp3) is 0.900. The highest BCUT2D eigenvalue weighted by atomic mass is 16.3. The number of hydrogen-bond donors (Lipinski definition) is 2. The van der Waals surface area contributed by atoms with Crippen molar-refractivity contribution in [2.24, 2.45) is 40.4 Å². The molecule has 0 saturated heterocycles. The summed E-state index contributed by atoms with van der Waals surface area (Å²) in [6.45, 7) is 7.03. The van der Waals surface area contributed by atoms with Gasteiger partial charge in [0.25, 0.3) is 0 Å². The van der Waals surface area contributed by atoms with Crippen molar-refractivity contribution < 1.29 is 10.2 Å². The Bertz CT molecular complexity index is 486. The number of rotatable bonds is 0. The largest absolute Gasteiger partial charge is 0.393 e. The zero-order valence-corrected chi connectivity index (χ0v) is 14.3. The fourth-order valence-corrected chi connectivity index (χ4v) is 7.28. The molecule has 3 saturated carbocycles. The Morgan fingerprint density at radius 2 is 1.59 bits per heavy atom. The van der Waals surface area contributed by atoms with Gasteiger partial charge in [-0.15, -0.1) is 0 Å². The SMILES string of the molecule is CC1C=CC(O)C2(C)C1CCC1C3CCC(O)C3(C)CCC12. The Balaban J connectivity index is 1.70. The molecule has 3 fully saturated rings. The smallest absolute Gasteiger partial charge is 0.0780 e. The van der Waals surface area contributed by atoms with Crippen LogP contribution in [0.25, 0.3) is 0 Å². The molecule has 22 heavy (non-hydrogen) atoms. The van der Waals surface area contributed by atoms with E-state index in [1.807, 2.05) is 0 Å². The van der Waals surface area contributed by atoms with Gasteiger partial charge in [-0.3, -0.25) is 0 Å². The summed E-state index contributed by atoms with van der Waals surface area (Å²) in [6.07, 6.45) is 11.0. The van der Waals surface area contributed by atoms with E-state index < -0.39 is 0 Å². The standard InChI is InChI=1S/C20H32O2/c1-12-4-8-18(22)20(3)14(12)6-5-13-15-7-9-17(21)19(15,2)11-10-16(13)20/h4,8,12-18,21-22H,5-7,9-11H2,1-3H3. The van der Waals surface area contributed by atoms with Crippen molar-refractivity contribution in [1.29, 1.82) is 0 Å². The zero-order chi connectivity index (χ0) is 15.7. The Morgan fingerprint density at radius 3 is 2.36 bits per heavy atom. The lowest BCUT2D eigenvalue weighted by atomic mass is 9.44. The van der Waals surface area contributed by atoms with Gasteiger partial charge in [0, 0.05) is 5.41 Å². The number of allylic oxidation sites excluding steroid dienone is 1. The van der Waals surface area contributed by atoms with Crippen LogP contribution in [0.3, 0.4) is 0 Å². The molecule has 124 valence electrons. The molecule has 2 nitrogen and oxygen atoms in total. The van der Waals surface area contributed by atoms with Crippen molar-refractivity contribution in [3.63, 3.8) is 0 Å². The molecule has 0 radical (unpaired) electrons. The van der Waals surface area contributed by atoms with E-state index in [0.29, 0.717) is 29.6 Å². The summed E-state index contributed by atoms with van der Waals surface area (Å²) in [5.41, 5.74) is 0.192. The first-order valence-electron chi connectivity index (χ1n) is 9.43. The molecular formula is C20H32O2. The topological polar surface area (TPSA) is 40.5 Å². The van der Waals surface area contributed by atoms with Crippen LogP contribution in [0.5, 0.6) is 0 Å². The van der Waals surface area contributed by atoms with Crippen LogP contribution in [-0.4, -0.2) is 22.4 Å². The molecule has 0 amide bonds. The maximum Gasteiger partial charge on any atom is 0.0780 e. The quantitative estimate of drug-likeness (QED) is 0.669. The third kappa shape index (κ3) is 1.74. The first-order valence-corrected chi connectivity index (χ1v) is 9.43. The van der Waals surface area contributed by atoms with Crippen LogP contribution < -0.4 is 0 Å². The minimum absolute atomic E-state index is 0.0476. The van der Waals surface area contributed by atoms with Gasteiger partial charge in [-0.05, 0) is 73.5 Å². The van der Waals surface area contributed by atoms with Crippen LogP contribution in [0.1, 0.15) is 59.3 Å². The molecule has 0 aromatic heterocycles. The molecular weight excluding hydrogens is 272 g/mol. The van der Waals surface area contributed by atoms with Gasteiger partial charge < -0.3 is 10.2 Å². The molecule has 0 aromatic carbocycles. The molecule has 2 N–H and O–H groups in total. The number of aliphatic hydroxyl groups excluding tert-OH is 2. The van der Waals surface area contributed by atoms with Gasteiger partial charge >= 0.3 is 0 Å². The van der Waals surface area contributed by atoms with Gasteiger partial charge in [-0.2, -0.15) is 0 Å². The van der Waals surface area contributed by atoms with Crippen LogP contribution in [0.2, 0.25) is 0 Å². The van der Waals surface area contributed by atoms with Crippen LogP contribution in [-0.2, 0) is 0 Å². The normalized spacial score (nSPS) is 60.5. The van der Waals surface area contributed by atoms with E-state index in [2.05, 4.69) is 32.9 Å². The number of hydrogen-bond acceptors (Lipinski definition) is 2. The van der Waals surface area contributed by atoms with Crippen molar-refractivity contribution in [1.82, 2.24) is 0 Å². The van der Waals surface area contributed by atoms with Gasteiger partial charge in [0.1, 0.15) is 0 Å². The molecule has 4 aliphatic rings. The fourth-order valence-electron chi connectivity index (χ4n) is 7.28. The molecule has 9 atom stereocenters. The summed E-state index contributed by atoms with van der Waals surface area (Å²) < 4.78 is 0. The average molecular weight is 304 g/mol. The van der Waals surface area contributed by atoms with E-state index in [9.17, 15) is 10.2 Å². The van der Waals surface area contributed by atoms with E-state index in [-0.39, 0.29) is 23.0 Å². The second kappa shape index (κ2) is 4.83. The lowest BCUT2D eigenvalue weighted by Gasteiger charge is -2.61. The molecule has 4 aliphatic carbocycles. The predicted molar refractivity (Wildman–Crippen MR) is 88.2 cm³/mol. The van der Waals surface area contributed by atoms with Crippen LogP contribution in [0.4, 0.5) is 0 Å². The van der Waals surface area contributed by atoms with Gasteiger partial charge in [0.15, 0.2) is 0 Å². The van der Waals surface area contributed by atoms with E-state index in [1.54, 1.807) is 0 Å². The molecule has 0 aromatic rings. The minimum atomic E-state index is -0.280. The van der Waals surface area contributed by atoms with Gasteiger partial charge in [0.2, 0.25) is 0 Å². The maximum absolute atomic E-state index is 10.8. The Labute approximate surface area is 135 Å². The molecule has 0 bridgehead atoms. The van der Waals surface area contributed by atoms with Gasteiger partial charge in [-0.25, -0.2) is 0 Å². The summed E-state index contributed by atoms with van der Waals surface area (Å²) >= 11 is 0. The second-order valence-corrected chi connectivity index (χ2v) is 9.25. The molecule has 0 spiro atoms. The minimum Gasteiger partial charge on any atom is -0.393 e. The highest BCUT2D eigenvalue weighted by Crippen LogP contribution is 2.66. The Morgan fingerprint density at radius 1 is 0.864 bits per heavy atom. The first kappa shape index (κ1) is 15.2. The molecule has 9 unspecified atom stereocenters. The van der Waals surface area contributed by atoms with E-state index in [1.165, 1.54) is 25.7 Å². The number of aliphatic hydroxyl groups is 2. The van der Waals surface area contributed by atoms with Crippen molar-refractivity contribution >= 4 is 0 Å². The van der Waals surface area contributed by atoms with E-state index in [4.69, 9.17) is 0 Å². The van der Waals surface area contributed by atoms with Crippen LogP contribution >= 0.6 is 0 Å². The van der Waals surface area contributed by atoms with Gasteiger partial charge in [-0.1, -0.05) is 32.9 Å². The molecule has 2 heteroatoms. The summed E-state index contributed by atoms with van der Waals surface area (Å²) in [7, 11) is 0. The summed E-state index contributed by atoms with van der Waals surface area (Å²) in [6, 6.07) is 0. The lowest BCUT2D eigenvalue weighted by molar-refractivity contribution is -0.151. The second-order valence-electron chi connectivity index (χ2n) is 9.25. The van der Waals surface area contributed by atoms with Gasteiger partial charge in [0.05, 0.1) is 12.2 Å². The van der Waals surface area contributed by atoms with Crippen molar-refractivity contribution in [3.05, 3.63) is 12.2 Å². The Hall–Kier alpha value is -0.340. The highest BCUT2D eigenvalue weighted by Gasteiger charge is 2.61. The van der Waals surface area contributed by atoms with E-state index in [0.717, 1.165) is 12.8 Å². The summed E-state index contributed by atoms with van der Waals surface area (Å²) in [5, 5.41) is 21.3. The highest BCUT2D eigenvalue weighted by molar-refractivity contribution is 5.17. The average Bonchev–Trinajstić information content (AvgIpc) is 2.79.